The molecule has 9 nitrogen and oxygen atoms in total. The minimum atomic E-state index is -0.436. The first-order chi connectivity index (χ1) is 13.5. The van der Waals surface area contributed by atoms with Crippen LogP contribution in [-0.4, -0.2) is 54.1 Å². The van der Waals surface area contributed by atoms with Crippen LogP contribution in [0.25, 0.3) is 0 Å². The van der Waals surface area contributed by atoms with E-state index in [0.29, 0.717) is 29.1 Å². The van der Waals surface area contributed by atoms with E-state index in [4.69, 9.17) is 4.74 Å². The van der Waals surface area contributed by atoms with Gasteiger partial charge >= 0.3 is 0 Å². The number of hydrogen-bond donors (Lipinski definition) is 2. The molecule has 2 aromatic rings. The van der Waals surface area contributed by atoms with Crippen molar-refractivity contribution in [3.05, 3.63) is 40.1 Å². The highest BCUT2D eigenvalue weighted by Gasteiger charge is 2.26. The summed E-state index contributed by atoms with van der Waals surface area (Å²) in [6, 6.07) is 6.57. The molecule has 0 saturated heterocycles. The van der Waals surface area contributed by atoms with Gasteiger partial charge in [0, 0.05) is 18.5 Å². The third-order valence-corrected chi connectivity index (χ3v) is 4.47. The quantitative estimate of drug-likeness (QED) is 0.364. The topological polar surface area (TPSA) is 105 Å². The summed E-state index contributed by atoms with van der Waals surface area (Å²) in [5, 5.41) is 17.8. The molecular formula is C19H26N6O3. The van der Waals surface area contributed by atoms with Gasteiger partial charge in [-0.05, 0) is 52.0 Å². The number of methoxy groups -OCH3 is 1. The van der Waals surface area contributed by atoms with Crippen molar-refractivity contribution in [2.75, 3.05) is 44.9 Å². The van der Waals surface area contributed by atoms with E-state index in [1.807, 2.05) is 20.2 Å². The third kappa shape index (κ3) is 5.29. The van der Waals surface area contributed by atoms with Crippen LogP contribution >= 0.6 is 0 Å². The lowest BCUT2D eigenvalue weighted by atomic mass is 10.2. The number of nitro benzene ring substituents is 1. The van der Waals surface area contributed by atoms with E-state index in [2.05, 4.69) is 25.5 Å². The maximum Gasteiger partial charge on any atom is 0.296 e. The Morgan fingerprint density at radius 1 is 1.29 bits per heavy atom. The largest absolute Gasteiger partial charge is 0.496 e. The van der Waals surface area contributed by atoms with E-state index >= 15 is 0 Å². The molecule has 3 rings (SSSR count). The summed E-state index contributed by atoms with van der Waals surface area (Å²) in [6.07, 6.45) is 3.19. The Bertz CT molecular complexity index is 838. The van der Waals surface area contributed by atoms with Crippen molar-refractivity contribution in [2.45, 2.75) is 25.2 Å². The summed E-state index contributed by atoms with van der Waals surface area (Å²) in [5.41, 5.74) is 1.26. The average molecular weight is 386 g/mol. The molecule has 1 saturated carbocycles. The Labute approximate surface area is 164 Å². The fraction of sp³-hybridized carbons (Fsp3) is 0.474. The number of ether oxygens (including phenoxy) is 1. The molecule has 0 aliphatic heterocycles. The van der Waals surface area contributed by atoms with Crippen molar-refractivity contribution in [1.29, 1.82) is 0 Å². The van der Waals surface area contributed by atoms with E-state index in [0.717, 1.165) is 38.0 Å². The summed E-state index contributed by atoms with van der Waals surface area (Å²) in [7, 11) is 5.55. The first-order valence-electron chi connectivity index (χ1n) is 9.33. The van der Waals surface area contributed by atoms with Gasteiger partial charge in [-0.2, -0.15) is 4.98 Å². The summed E-state index contributed by atoms with van der Waals surface area (Å²) in [4.78, 5) is 22.2. The van der Waals surface area contributed by atoms with Gasteiger partial charge in [-0.1, -0.05) is 0 Å². The lowest BCUT2D eigenvalue weighted by Gasteiger charge is -2.13. The molecule has 0 atom stereocenters. The molecule has 0 amide bonds. The Morgan fingerprint density at radius 3 is 2.71 bits per heavy atom. The second kappa shape index (κ2) is 8.83. The van der Waals surface area contributed by atoms with Crippen LogP contribution in [0.15, 0.2) is 24.3 Å². The highest BCUT2D eigenvalue weighted by atomic mass is 16.6. The molecule has 1 aromatic carbocycles. The molecule has 1 aliphatic rings. The number of nitrogens with zero attached hydrogens (tertiary/aromatic N) is 4. The Kier molecular flexibility index (Phi) is 6.25. The summed E-state index contributed by atoms with van der Waals surface area (Å²) in [5.74, 6) is 1.96. The maximum absolute atomic E-state index is 11.4. The van der Waals surface area contributed by atoms with Crippen molar-refractivity contribution in [1.82, 2.24) is 14.9 Å². The van der Waals surface area contributed by atoms with Crippen LogP contribution in [0.5, 0.6) is 5.75 Å². The van der Waals surface area contributed by atoms with Crippen LogP contribution in [-0.2, 0) is 0 Å². The van der Waals surface area contributed by atoms with Crippen LogP contribution in [0.1, 0.15) is 30.9 Å². The first-order valence-corrected chi connectivity index (χ1v) is 9.33. The van der Waals surface area contributed by atoms with Gasteiger partial charge < -0.3 is 20.3 Å². The molecule has 2 N–H and O–H groups in total. The fourth-order valence-corrected chi connectivity index (χ4v) is 2.83. The zero-order valence-electron chi connectivity index (χ0n) is 16.4. The highest BCUT2D eigenvalue weighted by Crippen LogP contribution is 2.40. The number of anilines is 3. The van der Waals surface area contributed by atoms with Crippen LogP contribution in [0.3, 0.4) is 0 Å². The Morgan fingerprint density at radius 2 is 2.07 bits per heavy atom. The van der Waals surface area contributed by atoms with Crippen LogP contribution in [0.4, 0.5) is 23.1 Å². The zero-order valence-corrected chi connectivity index (χ0v) is 16.4. The lowest BCUT2D eigenvalue weighted by molar-refractivity contribution is -0.384. The molecule has 1 aliphatic carbocycles. The monoisotopic (exact) mass is 386 g/mol. The normalized spacial score (nSPS) is 13.4. The SMILES string of the molecule is COc1ccc(Nc2cc(C3CC3)nc(NCCCN(C)C)n2)c([N+](=O)[O-])c1. The van der Waals surface area contributed by atoms with Gasteiger partial charge in [0.05, 0.1) is 23.8 Å². The summed E-state index contributed by atoms with van der Waals surface area (Å²) < 4.78 is 5.09. The maximum atomic E-state index is 11.4. The van der Waals surface area contributed by atoms with Crippen LogP contribution < -0.4 is 15.4 Å². The molecule has 0 radical (unpaired) electrons. The Balaban J connectivity index is 1.80. The van der Waals surface area contributed by atoms with Crippen molar-refractivity contribution in [3.8, 4) is 5.75 Å². The molecule has 0 unspecified atom stereocenters. The molecular weight excluding hydrogens is 360 g/mol. The van der Waals surface area contributed by atoms with Crippen molar-refractivity contribution in [2.24, 2.45) is 0 Å². The van der Waals surface area contributed by atoms with Gasteiger partial charge in [0.25, 0.3) is 5.69 Å². The highest BCUT2D eigenvalue weighted by molar-refractivity contribution is 5.70. The fourth-order valence-electron chi connectivity index (χ4n) is 2.83. The number of nitrogens with one attached hydrogen (secondary N) is 2. The molecule has 28 heavy (non-hydrogen) atoms. The van der Waals surface area contributed by atoms with Gasteiger partial charge in [0.15, 0.2) is 0 Å². The van der Waals surface area contributed by atoms with E-state index in [1.54, 1.807) is 12.1 Å². The van der Waals surface area contributed by atoms with Crippen LogP contribution in [0.2, 0.25) is 0 Å². The van der Waals surface area contributed by atoms with E-state index in [9.17, 15) is 10.1 Å². The van der Waals surface area contributed by atoms with Gasteiger partial charge in [-0.3, -0.25) is 10.1 Å². The van der Waals surface area contributed by atoms with E-state index in [-0.39, 0.29) is 5.69 Å². The number of nitro groups is 1. The van der Waals surface area contributed by atoms with Crippen LogP contribution in [0, 0.1) is 10.1 Å². The second-order valence-corrected chi connectivity index (χ2v) is 7.12. The van der Waals surface area contributed by atoms with Gasteiger partial charge in [0.1, 0.15) is 17.3 Å². The van der Waals surface area contributed by atoms with Crippen molar-refractivity contribution < 1.29 is 9.66 Å². The predicted octanol–water partition coefficient (Wildman–Crippen LogP) is 3.38. The minimum Gasteiger partial charge on any atom is -0.496 e. The molecule has 1 heterocycles. The summed E-state index contributed by atoms with van der Waals surface area (Å²) in [6.45, 7) is 1.73. The third-order valence-electron chi connectivity index (χ3n) is 4.47. The van der Waals surface area contributed by atoms with Gasteiger partial charge in [0.2, 0.25) is 5.95 Å². The smallest absolute Gasteiger partial charge is 0.296 e. The van der Waals surface area contributed by atoms with Crippen molar-refractivity contribution >= 4 is 23.1 Å². The minimum absolute atomic E-state index is 0.0635. The summed E-state index contributed by atoms with van der Waals surface area (Å²) >= 11 is 0. The number of aromatic nitrogens is 2. The first kappa shape index (κ1) is 19.8. The molecule has 1 aromatic heterocycles. The molecule has 9 heteroatoms. The molecule has 1 fully saturated rings. The van der Waals surface area contributed by atoms with Crippen molar-refractivity contribution in [3.63, 3.8) is 0 Å². The molecule has 0 bridgehead atoms. The van der Waals surface area contributed by atoms with Gasteiger partial charge in [-0.15, -0.1) is 0 Å². The predicted molar refractivity (Wildman–Crippen MR) is 109 cm³/mol. The number of rotatable bonds is 10. The standard InChI is InChI=1S/C19H26N6O3/c1-24(2)10-4-9-20-19-22-16(13-5-6-13)12-18(23-19)21-15-8-7-14(28-3)11-17(15)25(26)27/h7-8,11-13H,4-6,9-10H2,1-3H3,(H2,20,21,22,23). The zero-order chi connectivity index (χ0) is 20.1. The second-order valence-electron chi connectivity index (χ2n) is 7.12. The van der Waals surface area contributed by atoms with Gasteiger partial charge in [-0.25, -0.2) is 4.98 Å². The molecule has 0 spiro atoms. The van der Waals surface area contributed by atoms with E-state index < -0.39 is 4.92 Å². The number of hydrogen-bond acceptors (Lipinski definition) is 8. The van der Waals surface area contributed by atoms with E-state index in [1.165, 1.54) is 13.2 Å². The lowest BCUT2D eigenvalue weighted by Crippen LogP contribution is -2.17. The average Bonchev–Trinajstić information content (AvgIpc) is 3.50. The molecule has 150 valence electrons. The Hall–Kier alpha value is -2.94. The number of benzene rings is 1.